The topological polar surface area (TPSA) is 29.3 Å². The van der Waals surface area contributed by atoms with Crippen molar-refractivity contribution in [3.05, 3.63) is 0 Å². The van der Waals surface area contributed by atoms with Crippen molar-refractivity contribution in [1.29, 1.82) is 0 Å². The molecule has 0 saturated carbocycles. The van der Waals surface area contributed by atoms with Gasteiger partial charge in [0.1, 0.15) is 0 Å². The number of likely N-dealkylation sites (tertiary alicyclic amines) is 1. The highest BCUT2D eigenvalue weighted by molar-refractivity contribution is 7.99. The van der Waals surface area contributed by atoms with Gasteiger partial charge in [-0.25, -0.2) is 0 Å². The molecule has 2 saturated heterocycles. The highest BCUT2D eigenvalue weighted by Gasteiger charge is 2.44. The van der Waals surface area contributed by atoms with E-state index in [1.165, 1.54) is 43.9 Å². The number of hydrogen-bond acceptors (Lipinski definition) is 3. The van der Waals surface area contributed by atoms with Gasteiger partial charge in [0.25, 0.3) is 0 Å². The number of rotatable bonds is 2. The lowest BCUT2D eigenvalue weighted by Gasteiger charge is -2.49. The molecule has 2 N–H and O–H groups in total. The van der Waals surface area contributed by atoms with Gasteiger partial charge in [-0.3, -0.25) is 4.90 Å². The van der Waals surface area contributed by atoms with Crippen LogP contribution in [-0.2, 0) is 0 Å². The van der Waals surface area contributed by atoms with Crippen LogP contribution in [-0.4, -0.2) is 41.6 Å². The second kappa shape index (κ2) is 4.27. The molecule has 0 amide bonds. The summed E-state index contributed by atoms with van der Waals surface area (Å²) in [6.07, 6.45) is 4.02. The number of thioether (sulfide) groups is 1. The summed E-state index contributed by atoms with van der Waals surface area (Å²) in [4.78, 5) is 2.67. The molecular weight excluding hydrogens is 204 g/mol. The molecular formula is C12H24N2S. The molecule has 0 aromatic rings. The maximum absolute atomic E-state index is 6.08. The van der Waals surface area contributed by atoms with E-state index in [-0.39, 0.29) is 0 Å². The third-order valence-corrected chi connectivity index (χ3v) is 5.56. The van der Waals surface area contributed by atoms with Gasteiger partial charge in [0.05, 0.1) is 0 Å². The van der Waals surface area contributed by atoms with E-state index in [1.54, 1.807) is 0 Å². The molecule has 2 fully saturated rings. The molecule has 1 atom stereocenters. The molecule has 2 heterocycles. The van der Waals surface area contributed by atoms with E-state index in [4.69, 9.17) is 5.73 Å². The molecule has 0 aromatic carbocycles. The highest BCUT2D eigenvalue weighted by Crippen LogP contribution is 2.42. The maximum atomic E-state index is 6.08. The van der Waals surface area contributed by atoms with E-state index >= 15 is 0 Å². The Morgan fingerprint density at radius 2 is 1.87 bits per heavy atom. The minimum atomic E-state index is 0.308. The van der Waals surface area contributed by atoms with E-state index < -0.39 is 0 Å². The Balaban J connectivity index is 2.12. The van der Waals surface area contributed by atoms with Crippen molar-refractivity contribution in [3.63, 3.8) is 0 Å². The van der Waals surface area contributed by atoms with Gasteiger partial charge < -0.3 is 5.73 Å². The van der Waals surface area contributed by atoms with Crippen LogP contribution in [0.15, 0.2) is 0 Å². The summed E-state index contributed by atoms with van der Waals surface area (Å²) in [6, 6.07) is 0. The highest BCUT2D eigenvalue weighted by atomic mass is 32.2. The second-order valence-corrected chi connectivity index (χ2v) is 6.94. The van der Waals surface area contributed by atoms with Crippen molar-refractivity contribution in [2.24, 2.45) is 11.1 Å². The third kappa shape index (κ3) is 2.34. The Labute approximate surface area is 98.0 Å². The fraction of sp³-hybridized carbons (Fsp3) is 1.00. The van der Waals surface area contributed by atoms with Crippen LogP contribution in [0.2, 0.25) is 0 Å². The normalized spacial score (nSPS) is 37.0. The fourth-order valence-electron chi connectivity index (χ4n) is 3.16. The van der Waals surface area contributed by atoms with Gasteiger partial charge in [-0.05, 0) is 43.5 Å². The smallest absolute Gasteiger partial charge is 0.0427 e. The van der Waals surface area contributed by atoms with E-state index in [0.29, 0.717) is 11.0 Å². The number of nitrogens with two attached hydrogens (primary N) is 1. The number of nitrogens with zero attached hydrogens (tertiary/aromatic N) is 1. The summed E-state index contributed by atoms with van der Waals surface area (Å²) in [6.45, 7) is 8.16. The quantitative estimate of drug-likeness (QED) is 0.783. The average molecular weight is 228 g/mol. The van der Waals surface area contributed by atoms with E-state index in [2.05, 4.69) is 30.5 Å². The van der Waals surface area contributed by atoms with Crippen LogP contribution >= 0.6 is 11.8 Å². The molecule has 2 aliphatic heterocycles. The zero-order valence-corrected chi connectivity index (χ0v) is 10.9. The molecule has 0 aromatic heterocycles. The summed E-state index contributed by atoms with van der Waals surface area (Å²) < 4.78 is 0. The van der Waals surface area contributed by atoms with Crippen molar-refractivity contribution in [2.45, 2.75) is 38.6 Å². The molecule has 1 unspecified atom stereocenters. The molecule has 2 nitrogen and oxygen atoms in total. The van der Waals surface area contributed by atoms with Crippen LogP contribution in [0.5, 0.6) is 0 Å². The molecule has 88 valence electrons. The zero-order valence-electron chi connectivity index (χ0n) is 10.1. The fourth-order valence-corrected chi connectivity index (χ4v) is 4.70. The molecule has 2 aliphatic rings. The molecule has 0 aliphatic carbocycles. The SMILES string of the molecule is CC1(C)CSCC(CN)(N2CCCC2)C1. The second-order valence-electron chi connectivity index (χ2n) is 5.96. The van der Waals surface area contributed by atoms with Crippen molar-refractivity contribution in [3.8, 4) is 0 Å². The predicted molar refractivity (Wildman–Crippen MR) is 68.3 cm³/mol. The first-order valence-electron chi connectivity index (χ1n) is 6.11. The van der Waals surface area contributed by atoms with E-state index in [0.717, 1.165) is 6.54 Å². The van der Waals surface area contributed by atoms with E-state index in [9.17, 15) is 0 Å². The van der Waals surface area contributed by atoms with Gasteiger partial charge >= 0.3 is 0 Å². The van der Waals surface area contributed by atoms with Crippen LogP contribution < -0.4 is 5.73 Å². The van der Waals surface area contributed by atoms with Gasteiger partial charge in [-0.15, -0.1) is 0 Å². The Kier molecular flexibility index (Phi) is 3.34. The Hall–Kier alpha value is 0.270. The first-order chi connectivity index (χ1) is 7.08. The van der Waals surface area contributed by atoms with Gasteiger partial charge in [0, 0.05) is 17.8 Å². The third-order valence-electron chi connectivity index (χ3n) is 3.83. The molecule has 0 spiro atoms. The maximum Gasteiger partial charge on any atom is 0.0427 e. The van der Waals surface area contributed by atoms with Gasteiger partial charge in [-0.1, -0.05) is 13.8 Å². The summed E-state index contributed by atoms with van der Waals surface area (Å²) in [5, 5.41) is 0. The minimum Gasteiger partial charge on any atom is -0.329 e. The van der Waals surface area contributed by atoms with Crippen LogP contribution in [0, 0.1) is 5.41 Å². The lowest BCUT2D eigenvalue weighted by Crippen LogP contribution is -2.59. The zero-order chi connectivity index (χ0) is 10.9. The van der Waals surface area contributed by atoms with Gasteiger partial charge in [-0.2, -0.15) is 11.8 Å². The molecule has 2 rings (SSSR count). The first kappa shape index (κ1) is 11.7. The summed E-state index contributed by atoms with van der Waals surface area (Å²) in [7, 11) is 0. The molecule has 3 heteroatoms. The summed E-state index contributed by atoms with van der Waals surface area (Å²) in [5.74, 6) is 2.54. The van der Waals surface area contributed by atoms with Gasteiger partial charge in [0.15, 0.2) is 0 Å². The standard InChI is InChI=1S/C12H24N2S/c1-11(2)7-12(8-13,10-15-9-11)14-5-3-4-6-14/h3-10,13H2,1-2H3. The van der Waals surface area contributed by atoms with Gasteiger partial charge in [0.2, 0.25) is 0 Å². The molecule has 0 radical (unpaired) electrons. The molecule has 0 bridgehead atoms. The largest absolute Gasteiger partial charge is 0.329 e. The molecule has 15 heavy (non-hydrogen) atoms. The van der Waals surface area contributed by atoms with Crippen LogP contribution in [0.3, 0.4) is 0 Å². The predicted octanol–water partition coefficient (Wildman–Crippen LogP) is 1.94. The van der Waals surface area contributed by atoms with Crippen LogP contribution in [0.4, 0.5) is 0 Å². The lowest BCUT2D eigenvalue weighted by molar-refractivity contribution is 0.0920. The monoisotopic (exact) mass is 228 g/mol. The van der Waals surface area contributed by atoms with Crippen molar-refractivity contribution < 1.29 is 0 Å². The van der Waals surface area contributed by atoms with Crippen LogP contribution in [0.1, 0.15) is 33.1 Å². The van der Waals surface area contributed by atoms with Crippen molar-refractivity contribution in [2.75, 3.05) is 31.1 Å². The average Bonchev–Trinajstić information content (AvgIpc) is 2.69. The van der Waals surface area contributed by atoms with Crippen molar-refractivity contribution in [1.82, 2.24) is 4.90 Å². The summed E-state index contributed by atoms with van der Waals surface area (Å²) in [5.41, 5.74) is 6.86. The first-order valence-corrected chi connectivity index (χ1v) is 7.26. The Bertz CT molecular complexity index is 224. The number of hydrogen-bond donors (Lipinski definition) is 1. The van der Waals surface area contributed by atoms with Crippen molar-refractivity contribution >= 4 is 11.8 Å². The summed E-state index contributed by atoms with van der Waals surface area (Å²) >= 11 is 2.10. The Morgan fingerprint density at radius 1 is 1.20 bits per heavy atom. The Morgan fingerprint density at radius 3 is 2.40 bits per heavy atom. The lowest BCUT2D eigenvalue weighted by atomic mass is 9.79. The minimum absolute atomic E-state index is 0.308. The van der Waals surface area contributed by atoms with Crippen LogP contribution in [0.25, 0.3) is 0 Å². The van der Waals surface area contributed by atoms with E-state index in [1.807, 2.05) is 0 Å².